The topological polar surface area (TPSA) is 76.7 Å². The summed E-state index contributed by atoms with van der Waals surface area (Å²) < 4.78 is 11.3. The number of methoxy groups -OCH3 is 1. The van der Waals surface area contributed by atoms with Crippen LogP contribution < -0.4 is 20.1 Å². The molecular weight excluding hydrogens is 368 g/mol. The number of carbonyl (C=O) groups is 2. The summed E-state index contributed by atoms with van der Waals surface area (Å²) in [5, 5.41) is 5.77. The first-order chi connectivity index (χ1) is 14.2. The Bertz CT molecular complexity index is 819. The van der Waals surface area contributed by atoms with E-state index in [1.807, 2.05) is 48.5 Å². The number of rotatable bonds is 11. The molecule has 0 heterocycles. The van der Waals surface area contributed by atoms with Crippen molar-refractivity contribution in [3.05, 3.63) is 59.7 Å². The Morgan fingerprint density at radius 3 is 2.52 bits per heavy atom. The van der Waals surface area contributed by atoms with Gasteiger partial charge in [0, 0.05) is 25.4 Å². The number of hydrogen-bond acceptors (Lipinski definition) is 4. The van der Waals surface area contributed by atoms with E-state index in [1.54, 1.807) is 7.11 Å². The van der Waals surface area contributed by atoms with Crippen molar-refractivity contribution in [3.8, 4) is 11.5 Å². The summed E-state index contributed by atoms with van der Waals surface area (Å²) in [6.45, 7) is 1.43. The normalized spacial score (nSPS) is 12.9. The van der Waals surface area contributed by atoms with Crippen molar-refractivity contribution in [1.29, 1.82) is 0 Å². The number of carbonyl (C=O) groups excluding carboxylic acids is 2. The Labute approximate surface area is 171 Å². The minimum Gasteiger partial charge on any atom is -0.493 e. The van der Waals surface area contributed by atoms with Gasteiger partial charge in [0.1, 0.15) is 6.61 Å². The van der Waals surface area contributed by atoms with E-state index in [0.29, 0.717) is 44.0 Å². The SMILES string of the molecule is COc1cc(CNC(=O)CCCNC(=O)C2CC2)ccc1OCc1ccccc1. The van der Waals surface area contributed by atoms with E-state index < -0.39 is 0 Å². The van der Waals surface area contributed by atoms with Crippen LogP contribution in [0.5, 0.6) is 11.5 Å². The summed E-state index contributed by atoms with van der Waals surface area (Å²) in [6.07, 6.45) is 3.01. The van der Waals surface area contributed by atoms with Crippen LogP contribution >= 0.6 is 0 Å². The molecule has 2 N–H and O–H groups in total. The molecule has 0 atom stereocenters. The first-order valence-electron chi connectivity index (χ1n) is 10.0. The van der Waals surface area contributed by atoms with Gasteiger partial charge in [-0.15, -0.1) is 0 Å². The Balaban J connectivity index is 1.40. The summed E-state index contributed by atoms with van der Waals surface area (Å²) >= 11 is 0. The zero-order valence-electron chi connectivity index (χ0n) is 16.8. The molecule has 0 saturated heterocycles. The second-order valence-electron chi connectivity index (χ2n) is 7.21. The lowest BCUT2D eigenvalue weighted by atomic mass is 10.2. The number of amides is 2. The highest BCUT2D eigenvalue weighted by molar-refractivity contribution is 5.81. The molecule has 0 radical (unpaired) electrons. The molecule has 1 saturated carbocycles. The second kappa shape index (κ2) is 10.5. The number of nitrogens with one attached hydrogen (secondary N) is 2. The number of hydrogen-bond donors (Lipinski definition) is 2. The van der Waals surface area contributed by atoms with Crippen molar-refractivity contribution < 1.29 is 19.1 Å². The quantitative estimate of drug-likeness (QED) is 0.572. The molecule has 0 aromatic heterocycles. The summed E-state index contributed by atoms with van der Waals surface area (Å²) in [5.74, 6) is 1.59. The molecule has 1 fully saturated rings. The van der Waals surface area contributed by atoms with Crippen LogP contribution in [0.25, 0.3) is 0 Å². The first-order valence-corrected chi connectivity index (χ1v) is 10.0. The summed E-state index contributed by atoms with van der Waals surface area (Å²) in [5.41, 5.74) is 2.02. The van der Waals surface area contributed by atoms with Gasteiger partial charge in [-0.2, -0.15) is 0 Å². The molecule has 1 aliphatic carbocycles. The van der Waals surface area contributed by atoms with E-state index in [2.05, 4.69) is 10.6 Å². The molecule has 0 unspecified atom stereocenters. The predicted octanol–water partition coefficient (Wildman–Crippen LogP) is 3.20. The van der Waals surface area contributed by atoms with Crippen molar-refractivity contribution >= 4 is 11.8 Å². The lowest BCUT2D eigenvalue weighted by Gasteiger charge is -2.13. The van der Waals surface area contributed by atoms with Crippen molar-refractivity contribution in [2.75, 3.05) is 13.7 Å². The molecule has 0 aliphatic heterocycles. The summed E-state index contributed by atoms with van der Waals surface area (Å²) in [4.78, 5) is 23.6. The highest BCUT2D eigenvalue weighted by Crippen LogP contribution is 2.29. The van der Waals surface area contributed by atoms with E-state index in [-0.39, 0.29) is 17.7 Å². The van der Waals surface area contributed by atoms with Gasteiger partial charge < -0.3 is 20.1 Å². The van der Waals surface area contributed by atoms with Gasteiger partial charge in [-0.3, -0.25) is 9.59 Å². The molecular formula is C23H28N2O4. The van der Waals surface area contributed by atoms with Gasteiger partial charge in [0.15, 0.2) is 11.5 Å². The second-order valence-corrected chi connectivity index (χ2v) is 7.21. The van der Waals surface area contributed by atoms with Crippen LogP contribution in [0, 0.1) is 5.92 Å². The molecule has 6 heteroatoms. The lowest BCUT2D eigenvalue weighted by molar-refractivity contribution is -0.123. The maximum absolute atomic E-state index is 12.0. The van der Waals surface area contributed by atoms with E-state index in [4.69, 9.17) is 9.47 Å². The lowest BCUT2D eigenvalue weighted by Crippen LogP contribution is -2.28. The van der Waals surface area contributed by atoms with Crippen molar-refractivity contribution in [3.63, 3.8) is 0 Å². The minimum atomic E-state index is -0.0333. The van der Waals surface area contributed by atoms with Crippen LogP contribution in [0.4, 0.5) is 0 Å². The van der Waals surface area contributed by atoms with E-state index in [9.17, 15) is 9.59 Å². The standard InChI is InChI=1S/C23H28N2O4/c1-28-21-14-18(9-12-20(21)29-16-17-6-3-2-4-7-17)15-25-22(26)8-5-13-24-23(27)19-10-11-19/h2-4,6-7,9,12,14,19H,5,8,10-11,13,15-16H2,1H3,(H,24,27)(H,25,26). The molecule has 0 spiro atoms. The fraction of sp³-hybridized carbons (Fsp3) is 0.391. The first kappa shape index (κ1) is 20.7. The van der Waals surface area contributed by atoms with Crippen LogP contribution in [0.2, 0.25) is 0 Å². The zero-order valence-corrected chi connectivity index (χ0v) is 16.8. The van der Waals surface area contributed by atoms with Crippen molar-refractivity contribution in [2.24, 2.45) is 5.92 Å². The molecule has 3 rings (SSSR count). The maximum Gasteiger partial charge on any atom is 0.223 e. The van der Waals surface area contributed by atoms with E-state index in [1.165, 1.54) is 0 Å². The maximum atomic E-state index is 12.0. The fourth-order valence-corrected chi connectivity index (χ4v) is 2.92. The van der Waals surface area contributed by atoms with Crippen LogP contribution in [-0.2, 0) is 22.7 Å². The number of benzene rings is 2. The van der Waals surface area contributed by atoms with Gasteiger partial charge in [0.25, 0.3) is 0 Å². The van der Waals surface area contributed by atoms with E-state index >= 15 is 0 Å². The molecule has 1 aliphatic rings. The average molecular weight is 396 g/mol. The van der Waals surface area contributed by atoms with Gasteiger partial charge in [-0.05, 0) is 42.5 Å². The Morgan fingerprint density at radius 1 is 1.00 bits per heavy atom. The Morgan fingerprint density at radius 2 is 1.79 bits per heavy atom. The van der Waals surface area contributed by atoms with Crippen LogP contribution in [0.15, 0.2) is 48.5 Å². The molecule has 2 aromatic rings. The molecule has 0 bridgehead atoms. The van der Waals surface area contributed by atoms with Gasteiger partial charge in [-0.1, -0.05) is 36.4 Å². The Kier molecular flexibility index (Phi) is 7.50. The van der Waals surface area contributed by atoms with Crippen molar-refractivity contribution in [1.82, 2.24) is 10.6 Å². The molecule has 154 valence electrons. The Hall–Kier alpha value is -3.02. The third kappa shape index (κ3) is 6.82. The highest BCUT2D eigenvalue weighted by atomic mass is 16.5. The van der Waals surface area contributed by atoms with E-state index in [0.717, 1.165) is 24.0 Å². The van der Waals surface area contributed by atoms with Crippen LogP contribution in [0.3, 0.4) is 0 Å². The van der Waals surface area contributed by atoms with Gasteiger partial charge in [0.2, 0.25) is 11.8 Å². The van der Waals surface area contributed by atoms with Crippen LogP contribution in [-0.4, -0.2) is 25.5 Å². The van der Waals surface area contributed by atoms with Gasteiger partial charge >= 0.3 is 0 Å². The monoisotopic (exact) mass is 396 g/mol. The number of ether oxygens (including phenoxy) is 2. The predicted molar refractivity (Wildman–Crippen MR) is 111 cm³/mol. The molecule has 2 aromatic carbocycles. The summed E-state index contributed by atoms with van der Waals surface area (Å²) in [7, 11) is 1.60. The third-order valence-corrected chi connectivity index (χ3v) is 4.78. The third-order valence-electron chi connectivity index (χ3n) is 4.78. The molecule has 6 nitrogen and oxygen atoms in total. The smallest absolute Gasteiger partial charge is 0.223 e. The zero-order chi connectivity index (χ0) is 20.5. The molecule has 29 heavy (non-hydrogen) atoms. The highest BCUT2D eigenvalue weighted by Gasteiger charge is 2.28. The van der Waals surface area contributed by atoms with Crippen molar-refractivity contribution in [2.45, 2.75) is 38.8 Å². The van der Waals surface area contributed by atoms with Gasteiger partial charge in [0.05, 0.1) is 7.11 Å². The average Bonchev–Trinajstić information content (AvgIpc) is 3.60. The van der Waals surface area contributed by atoms with Crippen LogP contribution in [0.1, 0.15) is 36.8 Å². The largest absolute Gasteiger partial charge is 0.493 e. The molecule has 2 amide bonds. The fourth-order valence-electron chi connectivity index (χ4n) is 2.92. The van der Waals surface area contributed by atoms with Gasteiger partial charge in [-0.25, -0.2) is 0 Å². The minimum absolute atomic E-state index is 0.0333. The summed E-state index contributed by atoms with van der Waals surface area (Å²) in [6, 6.07) is 15.6.